The first kappa shape index (κ1) is 13.9. The number of nitrogens with zero attached hydrogens (tertiary/aromatic N) is 1. The third-order valence-corrected chi connectivity index (χ3v) is 3.45. The summed E-state index contributed by atoms with van der Waals surface area (Å²) in [4.78, 5) is 24.3. The minimum atomic E-state index is -0.0183. The highest BCUT2D eigenvalue weighted by Crippen LogP contribution is 2.25. The Labute approximate surface area is 117 Å². The van der Waals surface area contributed by atoms with Crippen LogP contribution in [-0.4, -0.2) is 36.8 Å². The summed E-state index contributed by atoms with van der Waals surface area (Å²) < 4.78 is 5.41. The molecule has 0 radical (unpaired) electrons. The van der Waals surface area contributed by atoms with E-state index >= 15 is 0 Å². The fraction of sp³-hybridized carbons (Fsp3) is 0.429. The lowest BCUT2D eigenvalue weighted by atomic mass is 10.1. The highest BCUT2D eigenvalue weighted by atomic mass is 35.5. The summed E-state index contributed by atoms with van der Waals surface area (Å²) in [5.74, 6) is 0.410. The molecule has 1 aromatic carbocycles. The predicted molar refractivity (Wildman–Crippen MR) is 72.8 cm³/mol. The van der Waals surface area contributed by atoms with Crippen LogP contribution in [0.5, 0.6) is 5.75 Å². The van der Waals surface area contributed by atoms with Crippen molar-refractivity contribution in [2.45, 2.75) is 19.3 Å². The molecule has 1 amide bonds. The number of aldehydes is 1. The Bertz CT molecular complexity index is 470. The van der Waals surface area contributed by atoms with E-state index in [1.54, 1.807) is 12.1 Å². The maximum absolute atomic E-state index is 11.9. The van der Waals surface area contributed by atoms with Crippen molar-refractivity contribution in [2.24, 2.45) is 0 Å². The van der Waals surface area contributed by atoms with E-state index in [1.165, 1.54) is 12.5 Å². The van der Waals surface area contributed by atoms with Gasteiger partial charge in [0.2, 0.25) is 0 Å². The van der Waals surface area contributed by atoms with Gasteiger partial charge in [0.05, 0.1) is 5.02 Å². The molecule has 0 bridgehead atoms. The van der Waals surface area contributed by atoms with Crippen molar-refractivity contribution in [2.75, 3.05) is 19.7 Å². The number of benzene rings is 1. The van der Waals surface area contributed by atoms with Crippen molar-refractivity contribution in [3.63, 3.8) is 0 Å². The Balaban J connectivity index is 1.91. The molecule has 0 unspecified atom stereocenters. The molecule has 1 aromatic rings. The number of hydrogen-bond donors (Lipinski definition) is 0. The number of halogens is 1. The lowest BCUT2D eigenvalue weighted by Gasteiger charge is -2.26. The average molecular weight is 282 g/mol. The van der Waals surface area contributed by atoms with Gasteiger partial charge in [-0.2, -0.15) is 0 Å². The number of amides is 1. The van der Waals surface area contributed by atoms with Gasteiger partial charge in [-0.15, -0.1) is 0 Å². The summed E-state index contributed by atoms with van der Waals surface area (Å²) in [6.45, 7) is 1.60. The number of carbonyl (C=O) groups is 2. The van der Waals surface area contributed by atoms with Crippen molar-refractivity contribution in [1.29, 1.82) is 0 Å². The van der Waals surface area contributed by atoms with Gasteiger partial charge in [-0.05, 0) is 37.5 Å². The van der Waals surface area contributed by atoms with E-state index in [1.807, 2.05) is 4.90 Å². The van der Waals surface area contributed by atoms with Gasteiger partial charge in [0.25, 0.3) is 5.91 Å². The molecule has 1 aliphatic rings. The molecule has 5 heteroatoms. The second kappa shape index (κ2) is 6.57. The molecule has 1 fully saturated rings. The van der Waals surface area contributed by atoms with E-state index in [0.29, 0.717) is 22.6 Å². The zero-order chi connectivity index (χ0) is 13.7. The molecule has 1 saturated heterocycles. The Morgan fingerprint density at radius 3 is 2.68 bits per heavy atom. The van der Waals surface area contributed by atoms with Crippen LogP contribution < -0.4 is 4.74 Å². The summed E-state index contributed by atoms with van der Waals surface area (Å²) in [6.07, 6.45) is 4.01. The standard InChI is InChI=1S/C14H16ClNO3/c15-12-8-11(9-17)4-5-13(12)19-10-14(18)16-6-2-1-3-7-16/h4-5,8-9H,1-3,6-7,10H2. The molecule has 2 rings (SSSR count). The Kier molecular flexibility index (Phi) is 4.80. The topological polar surface area (TPSA) is 46.6 Å². The smallest absolute Gasteiger partial charge is 0.260 e. The number of ether oxygens (including phenoxy) is 1. The normalized spacial score (nSPS) is 15.1. The van der Waals surface area contributed by atoms with Gasteiger partial charge >= 0.3 is 0 Å². The minimum absolute atomic E-state index is 0.0137. The maximum atomic E-state index is 11.9. The molecular weight excluding hydrogens is 266 g/mol. The van der Waals surface area contributed by atoms with Gasteiger partial charge in [-0.25, -0.2) is 0 Å². The van der Waals surface area contributed by atoms with E-state index in [4.69, 9.17) is 16.3 Å². The Morgan fingerprint density at radius 1 is 1.32 bits per heavy atom. The van der Waals surface area contributed by atoms with Gasteiger partial charge in [0.15, 0.2) is 6.61 Å². The molecule has 0 saturated carbocycles. The summed E-state index contributed by atoms with van der Waals surface area (Å²) in [5.41, 5.74) is 0.486. The SMILES string of the molecule is O=Cc1ccc(OCC(=O)N2CCCCC2)c(Cl)c1. The zero-order valence-electron chi connectivity index (χ0n) is 10.6. The molecule has 0 atom stereocenters. The molecule has 0 N–H and O–H groups in total. The van der Waals surface area contributed by atoms with E-state index < -0.39 is 0 Å². The van der Waals surface area contributed by atoms with Gasteiger partial charge in [-0.1, -0.05) is 11.6 Å². The molecule has 1 heterocycles. The van der Waals surface area contributed by atoms with Crippen molar-refractivity contribution in [3.8, 4) is 5.75 Å². The quantitative estimate of drug-likeness (QED) is 0.797. The molecule has 0 aromatic heterocycles. The van der Waals surface area contributed by atoms with Crippen molar-refractivity contribution in [3.05, 3.63) is 28.8 Å². The van der Waals surface area contributed by atoms with Crippen LogP contribution in [0.4, 0.5) is 0 Å². The summed E-state index contributed by atoms with van der Waals surface area (Å²) in [5, 5.41) is 0.344. The van der Waals surface area contributed by atoms with Crippen molar-refractivity contribution in [1.82, 2.24) is 4.90 Å². The molecule has 0 aliphatic carbocycles. The van der Waals surface area contributed by atoms with Gasteiger partial charge in [0, 0.05) is 18.7 Å². The third-order valence-electron chi connectivity index (χ3n) is 3.15. The van der Waals surface area contributed by atoms with E-state index in [2.05, 4.69) is 0 Å². The van der Waals surface area contributed by atoms with Crippen LogP contribution in [0.1, 0.15) is 29.6 Å². The van der Waals surface area contributed by atoms with Crippen LogP contribution >= 0.6 is 11.6 Å². The summed E-state index contributed by atoms with van der Waals surface area (Å²) in [7, 11) is 0. The van der Waals surface area contributed by atoms with E-state index in [9.17, 15) is 9.59 Å². The van der Waals surface area contributed by atoms with Crippen LogP contribution in [0.15, 0.2) is 18.2 Å². The fourth-order valence-electron chi connectivity index (χ4n) is 2.08. The van der Waals surface area contributed by atoms with Crippen LogP contribution in [-0.2, 0) is 4.79 Å². The Hall–Kier alpha value is -1.55. The molecular formula is C14H16ClNO3. The van der Waals surface area contributed by atoms with Crippen LogP contribution in [0.3, 0.4) is 0 Å². The van der Waals surface area contributed by atoms with E-state index in [0.717, 1.165) is 25.9 Å². The highest BCUT2D eigenvalue weighted by molar-refractivity contribution is 6.32. The van der Waals surface area contributed by atoms with Crippen LogP contribution in [0, 0.1) is 0 Å². The van der Waals surface area contributed by atoms with Gasteiger partial charge in [0.1, 0.15) is 12.0 Å². The van der Waals surface area contributed by atoms with Crippen LogP contribution in [0.2, 0.25) is 5.02 Å². The maximum Gasteiger partial charge on any atom is 0.260 e. The number of likely N-dealkylation sites (tertiary alicyclic amines) is 1. The van der Waals surface area contributed by atoms with Gasteiger partial charge < -0.3 is 9.64 Å². The number of rotatable bonds is 4. The lowest BCUT2D eigenvalue weighted by Crippen LogP contribution is -2.38. The third kappa shape index (κ3) is 3.70. The largest absolute Gasteiger partial charge is 0.482 e. The highest BCUT2D eigenvalue weighted by Gasteiger charge is 2.17. The first-order valence-electron chi connectivity index (χ1n) is 6.36. The van der Waals surface area contributed by atoms with Crippen molar-refractivity contribution < 1.29 is 14.3 Å². The summed E-state index contributed by atoms with van der Waals surface area (Å²) in [6, 6.07) is 4.74. The lowest BCUT2D eigenvalue weighted by molar-refractivity contribution is -0.134. The number of hydrogen-bond acceptors (Lipinski definition) is 3. The minimum Gasteiger partial charge on any atom is -0.482 e. The zero-order valence-corrected chi connectivity index (χ0v) is 11.4. The first-order valence-corrected chi connectivity index (χ1v) is 6.74. The number of carbonyl (C=O) groups excluding carboxylic acids is 2. The van der Waals surface area contributed by atoms with Crippen molar-refractivity contribution >= 4 is 23.8 Å². The fourth-order valence-corrected chi connectivity index (χ4v) is 2.33. The Morgan fingerprint density at radius 2 is 2.05 bits per heavy atom. The van der Waals surface area contributed by atoms with Crippen LogP contribution in [0.25, 0.3) is 0 Å². The average Bonchev–Trinajstić information content (AvgIpc) is 2.46. The second-order valence-electron chi connectivity index (χ2n) is 4.54. The molecule has 0 spiro atoms. The monoisotopic (exact) mass is 281 g/mol. The van der Waals surface area contributed by atoms with E-state index in [-0.39, 0.29) is 12.5 Å². The second-order valence-corrected chi connectivity index (χ2v) is 4.95. The number of piperidine rings is 1. The predicted octanol–water partition coefficient (Wildman–Crippen LogP) is 2.54. The molecule has 19 heavy (non-hydrogen) atoms. The molecule has 1 aliphatic heterocycles. The first-order chi connectivity index (χ1) is 9.20. The summed E-state index contributed by atoms with van der Waals surface area (Å²) >= 11 is 5.97. The molecule has 102 valence electrons. The molecule has 4 nitrogen and oxygen atoms in total. The van der Waals surface area contributed by atoms with Gasteiger partial charge in [-0.3, -0.25) is 9.59 Å².